The summed E-state index contributed by atoms with van der Waals surface area (Å²) < 4.78 is 0. The number of hydrogen-bond donors (Lipinski definition) is 3. The zero-order valence-corrected chi connectivity index (χ0v) is 19.8. The monoisotopic (exact) mass is 416 g/mol. The summed E-state index contributed by atoms with van der Waals surface area (Å²) in [7, 11) is 0. The molecular formula is C27H44O3. The Morgan fingerprint density at radius 3 is 2.67 bits per heavy atom. The minimum absolute atomic E-state index is 0.359. The number of allylic oxidation sites excluding steroid dienone is 4. The minimum atomic E-state index is -0.555. The fraction of sp³-hybridized carbons (Fsp3) is 0.778. The van der Waals surface area contributed by atoms with Crippen molar-refractivity contribution in [3.63, 3.8) is 0 Å². The van der Waals surface area contributed by atoms with Crippen molar-refractivity contribution in [2.45, 2.75) is 110 Å². The van der Waals surface area contributed by atoms with Gasteiger partial charge >= 0.3 is 0 Å². The average Bonchev–Trinajstić information content (AvgIpc) is 3.00. The quantitative estimate of drug-likeness (QED) is 0.498. The Morgan fingerprint density at radius 1 is 1.23 bits per heavy atom. The van der Waals surface area contributed by atoms with Gasteiger partial charge in [0.15, 0.2) is 0 Å². The van der Waals surface area contributed by atoms with Crippen LogP contribution in [-0.2, 0) is 0 Å². The van der Waals surface area contributed by atoms with E-state index >= 15 is 0 Å². The minimum Gasteiger partial charge on any atom is -0.393 e. The maximum Gasteiger partial charge on any atom is 0.0777 e. The summed E-state index contributed by atoms with van der Waals surface area (Å²) in [5.74, 6) is 2.06. The van der Waals surface area contributed by atoms with Crippen LogP contribution in [0.4, 0.5) is 0 Å². The molecule has 0 heterocycles. The second-order valence-electron chi connectivity index (χ2n) is 11.3. The van der Waals surface area contributed by atoms with E-state index in [1.807, 2.05) is 20.8 Å². The van der Waals surface area contributed by atoms with Crippen molar-refractivity contribution in [1.82, 2.24) is 0 Å². The van der Waals surface area contributed by atoms with E-state index < -0.39 is 17.8 Å². The van der Waals surface area contributed by atoms with Gasteiger partial charge in [-0.1, -0.05) is 44.9 Å². The highest BCUT2D eigenvalue weighted by Crippen LogP contribution is 2.58. The van der Waals surface area contributed by atoms with Gasteiger partial charge in [-0.25, -0.2) is 0 Å². The fourth-order valence-electron chi connectivity index (χ4n) is 6.58. The number of hydrogen-bond acceptors (Lipinski definition) is 3. The molecule has 30 heavy (non-hydrogen) atoms. The fourth-order valence-corrected chi connectivity index (χ4v) is 6.58. The van der Waals surface area contributed by atoms with E-state index in [1.165, 1.54) is 31.3 Å². The summed E-state index contributed by atoms with van der Waals surface area (Å²) in [5.41, 5.74) is 3.38. The predicted molar refractivity (Wildman–Crippen MR) is 124 cm³/mol. The van der Waals surface area contributed by atoms with Crippen molar-refractivity contribution >= 4 is 0 Å². The van der Waals surface area contributed by atoms with E-state index in [1.54, 1.807) is 0 Å². The van der Waals surface area contributed by atoms with Crippen LogP contribution in [0.1, 0.15) is 92.4 Å². The van der Waals surface area contributed by atoms with Crippen LogP contribution in [0.15, 0.2) is 34.9 Å². The molecule has 0 radical (unpaired) electrons. The summed E-state index contributed by atoms with van der Waals surface area (Å²) in [4.78, 5) is 0. The molecule has 0 aromatic carbocycles. The summed E-state index contributed by atoms with van der Waals surface area (Å²) in [6, 6.07) is 0. The van der Waals surface area contributed by atoms with Crippen LogP contribution in [0.5, 0.6) is 0 Å². The van der Waals surface area contributed by atoms with Crippen molar-refractivity contribution in [3.05, 3.63) is 34.9 Å². The second kappa shape index (κ2) is 9.30. The van der Waals surface area contributed by atoms with Gasteiger partial charge in [0.2, 0.25) is 0 Å². The van der Waals surface area contributed by atoms with Crippen LogP contribution in [0, 0.1) is 23.2 Å². The van der Waals surface area contributed by atoms with Gasteiger partial charge in [-0.05, 0) is 99.2 Å². The molecule has 0 aromatic rings. The zero-order chi connectivity index (χ0) is 22.1. The van der Waals surface area contributed by atoms with Crippen molar-refractivity contribution in [3.8, 4) is 0 Å². The molecule has 170 valence electrons. The molecule has 0 saturated heterocycles. The van der Waals surface area contributed by atoms with Gasteiger partial charge in [-0.15, -0.1) is 0 Å². The van der Waals surface area contributed by atoms with Gasteiger partial charge < -0.3 is 15.3 Å². The third kappa shape index (κ3) is 5.29. The molecule has 0 bridgehead atoms. The van der Waals surface area contributed by atoms with Gasteiger partial charge in [0.1, 0.15) is 0 Å². The summed E-state index contributed by atoms with van der Waals surface area (Å²) >= 11 is 0. The molecule has 0 aliphatic heterocycles. The molecule has 3 heteroatoms. The van der Waals surface area contributed by atoms with Crippen LogP contribution >= 0.6 is 0 Å². The van der Waals surface area contributed by atoms with Gasteiger partial charge in [-0.3, -0.25) is 0 Å². The highest BCUT2D eigenvalue weighted by molar-refractivity contribution is 5.37. The Labute approximate surface area is 184 Å². The lowest BCUT2D eigenvalue weighted by Crippen LogP contribution is -2.35. The number of aliphatic hydroxyl groups excluding tert-OH is 2. The number of rotatable bonds is 7. The van der Waals surface area contributed by atoms with Gasteiger partial charge in [-0.2, -0.15) is 0 Å². The molecule has 3 N–H and O–H groups in total. The Morgan fingerprint density at radius 2 is 1.97 bits per heavy atom. The lowest BCUT2D eigenvalue weighted by atomic mass is 9.62. The van der Waals surface area contributed by atoms with Gasteiger partial charge in [0.05, 0.1) is 17.8 Å². The standard InChI is InChI=1S/C27H44O3/c1-18(8-6-14-26(3,4)30)23-12-13-24-20(9-7-15-27(23,24)5)10-11-21-16-22(28)17-25(29)19(21)2/h9-11,18,22-25,28-30H,6-8,12-17H2,1-5H3/b11-10-/t18-,22-,23-,24+,25-,27-/m1/s1. The largest absolute Gasteiger partial charge is 0.393 e. The summed E-state index contributed by atoms with van der Waals surface area (Å²) in [6.45, 7) is 10.8. The molecular weight excluding hydrogens is 372 g/mol. The third-order valence-electron chi connectivity index (χ3n) is 8.44. The van der Waals surface area contributed by atoms with E-state index in [4.69, 9.17) is 0 Å². The molecule has 0 spiro atoms. The molecule has 1 saturated carbocycles. The van der Waals surface area contributed by atoms with Crippen molar-refractivity contribution < 1.29 is 15.3 Å². The molecule has 0 amide bonds. The molecule has 3 aliphatic carbocycles. The Kier molecular flexibility index (Phi) is 7.37. The van der Waals surface area contributed by atoms with Crippen LogP contribution in [0.2, 0.25) is 0 Å². The van der Waals surface area contributed by atoms with Gasteiger partial charge in [0, 0.05) is 6.42 Å². The first-order valence-electron chi connectivity index (χ1n) is 12.2. The molecule has 1 fully saturated rings. The predicted octanol–water partition coefficient (Wildman–Crippen LogP) is 5.70. The van der Waals surface area contributed by atoms with E-state index in [0.717, 1.165) is 36.3 Å². The van der Waals surface area contributed by atoms with Crippen molar-refractivity contribution in [2.75, 3.05) is 0 Å². The van der Waals surface area contributed by atoms with E-state index in [0.29, 0.717) is 30.1 Å². The average molecular weight is 417 g/mol. The van der Waals surface area contributed by atoms with Gasteiger partial charge in [0.25, 0.3) is 0 Å². The molecule has 3 aliphatic rings. The summed E-state index contributed by atoms with van der Waals surface area (Å²) in [5, 5.41) is 30.3. The molecule has 3 rings (SSSR count). The Bertz CT molecular complexity index is 695. The maximum atomic E-state index is 10.2. The molecule has 0 unspecified atom stereocenters. The van der Waals surface area contributed by atoms with E-state index in [-0.39, 0.29) is 0 Å². The first-order valence-corrected chi connectivity index (χ1v) is 12.2. The number of fused-ring (bicyclic) bond motifs is 1. The van der Waals surface area contributed by atoms with E-state index in [2.05, 4.69) is 32.1 Å². The molecule has 0 aromatic heterocycles. The molecule has 3 nitrogen and oxygen atoms in total. The normalized spacial score (nSPS) is 36.2. The lowest BCUT2D eigenvalue weighted by molar-refractivity contribution is 0.0613. The summed E-state index contributed by atoms with van der Waals surface area (Å²) in [6.07, 6.45) is 15.2. The Balaban J connectivity index is 1.68. The maximum absolute atomic E-state index is 10.2. The van der Waals surface area contributed by atoms with E-state index in [9.17, 15) is 15.3 Å². The zero-order valence-electron chi connectivity index (χ0n) is 19.8. The number of aliphatic hydroxyl groups is 3. The van der Waals surface area contributed by atoms with Crippen molar-refractivity contribution in [2.24, 2.45) is 23.2 Å². The Hall–Kier alpha value is -0.900. The SMILES string of the molecule is CC1=C(/C=C\C2=CCC[C@]3(C)[C@@H]([C@H](C)CCCC(C)(C)O)CC[C@@H]23)C[C@@H](O)C[C@H]1O. The first-order chi connectivity index (χ1) is 14.0. The van der Waals surface area contributed by atoms with Crippen LogP contribution < -0.4 is 0 Å². The highest BCUT2D eigenvalue weighted by atomic mass is 16.3. The third-order valence-corrected chi connectivity index (χ3v) is 8.44. The van der Waals surface area contributed by atoms with Crippen molar-refractivity contribution in [1.29, 1.82) is 0 Å². The van der Waals surface area contributed by atoms with Crippen LogP contribution in [-0.4, -0.2) is 33.1 Å². The lowest BCUT2D eigenvalue weighted by Gasteiger charge is -2.43. The molecule has 6 atom stereocenters. The highest BCUT2D eigenvalue weighted by Gasteiger charge is 2.49. The first kappa shape index (κ1) is 23.8. The second-order valence-corrected chi connectivity index (χ2v) is 11.3. The smallest absolute Gasteiger partial charge is 0.0777 e. The topological polar surface area (TPSA) is 60.7 Å². The van der Waals surface area contributed by atoms with Crippen LogP contribution in [0.25, 0.3) is 0 Å². The van der Waals surface area contributed by atoms with Crippen LogP contribution in [0.3, 0.4) is 0 Å².